The maximum atomic E-state index is 13.8. The highest BCUT2D eigenvalue weighted by Gasteiger charge is 2.19. The summed E-state index contributed by atoms with van der Waals surface area (Å²) >= 11 is 6.24. The molecule has 0 saturated heterocycles. The second kappa shape index (κ2) is 6.68. The van der Waals surface area contributed by atoms with Crippen molar-refractivity contribution >= 4 is 38.2 Å². The molecule has 0 saturated carbocycles. The molecular weight excluding hydrogens is 389 g/mol. The van der Waals surface area contributed by atoms with E-state index in [1.807, 2.05) is 18.2 Å². The highest BCUT2D eigenvalue weighted by molar-refractivity contribution is 7.92. The molecule has 4 aromatic rings. The SMILES string of the molecule is O=S(=O)(Nc1ccc2c(-c3ccccc3Cl)n[nH]c2c1)c1ccccc1F. The smallest absolute Gasteiger partial charge is 0.264 e. The fraction of sp³-hybridized carbons (Fsp3) is 0. The normalized spacial score (nSPS) is 11.6. The third-order valence-corrected chi connectivity index (χ3v) is 5.81. The number of H-pyrrole nitrogens is 1. The molecule has 0 aliphatic rings. The van der Waals surface area contributed by atoms with Crippen LogP contribution in [0.4, 0.5) is 10.1 Å². The summed E-state index contributed by atoms with van der Waals surface area (Å²) in [5.41, 5.74) is 2.35. The first-order valence-electron chi connectivity index (χ1n) is 7.96. The van der Waals surface area contributed by atoms with E-state index in [0.717, 1.165) is 17.0 Å². The van der Waals surface area contributed by atoms with Crippen LogP contribution in [0.25, 0.3) is 22.2 Å². The topological polar surface area (TPSA) is 74.8 Å². The molecule has 5 nitrogen and oxygen atoms in total. The fourth-order valence-electron chi connectivity index (χ4n) is 2.81. The number of fused-ring (bicyclic) bond motifs is 1. The molecule has 0 unspecified atom stereocenters. The number of sulfonamides is 1. The second-order valence-electron chi connectivity index (χ2n) is 5.85. The Morgan fingerprint density at radius 3 is 2.52 bits per heavy atom. The van der Waals surface area contributed by atoms with E-state index in [1.165, 1.54) is 18.2 Å². The predicted octanol–water partition coefficient (Wildman–Crippen LogP) is 4.82. The van der Waals surface area contributed by atoms with Crippen LogP contribution in [-0.2, 0) is 10.0 Å². The van der Waals surface area contributed by atoms with Crippen molar-refractivity contribution < 1.29 is 12.8 Å². The van der Waals surface area contributed by atoms with Crippen molar-refractivity contribution in [3.8, 4) is 11.3 Å². The average molecular weight is 402 g/mol. The van der Waals surface area contributed by atoms with Gasteiger partial charge in [-0.3, -0.25) is 9.82 Å². The van der Waals surface area contributed by atoms with Crippen LogP contribution in [0.15, 0.2) is 71.6 Å². The van der Waals surface area contributed by atoms with E-state index in [9.17, 15) is 12.8 Å². The van der Waals surface area contributed by atoms with Crippen molar-refractivity contribution in [2.24, 2.45) is 0 Å². The van der Waals surface area contributed by atoms with Crippen LogP contribution in [0.3, 0.4) is 0 Å². The summed E-state index contributed by atoms with van der Waals surface area (Å²) in [6.07, 6.45) is 0. The summed E-state index contributed by atoms with van der Waals surface area (Å²) in [4.78, 5) is -0.411. The van der Waals surface area contributed by atoms with Gasteiger partial charge in [-0.05, 0) is 36.4 Å². The van der Waals surface area contributed by atoms with E-state index in [2.05, 4.69) is 14.9 Å². The third-order valence-electron chi connectivity index (χ3n) is 4.07. The summed E-state index contributed by atoms with van der Waals surface area (Å²) < 4.78 is 41.1. The molecule has 0 amide bonds. The van der Waals surface area contributed by atoms with E-state index in [-0.39, 0.29) is 0 Å². The number of nitrogens with one attached hydrogen (secondary N) is 2. The molecule has 0 spiro atoms. The molecule has 0 atom stereocenters. The number of anilines is 1. The lowest BCUT2D eigenvalue weighted by molar-refractivity contribution is 0.570. The summed E-state index contributed by atoms with van der Waals surface area (Å²) in [5, 5.41) is 8.52. The van der Waals surface area contributed by atoms with Gasteiger partial charge in [0.1, 0.15) is 16.4 Å². The first-order chi connectivity index (χ1) is 13.0. The zero-order valence-electron chi connectivity index (χ0n) is 13.8. The van der Waals surface area contributed by atoms with E-state index in [1.54, 1.807) is 24.3 Å². The molecule has 2 N–H and O–H groups in total. The minimum Gasteiger partial charge on any atom is -0.279 e. The molecule has 0 aliphatic heterocycles. The largest absolute Gasteiger partial charge is 0.279 e. The summed E-state index contributed by atoms with van der Waals surface area (Å²) in [7, 11) is -4.05. The van der Waals surface area contributed by atoms with Crippen LogP contribution in [0.1, 0.15) is 0 Å². The second-order valence-corrected chi connectivity index (χ2v) is 7.91. The van der Waals surface area contributed by atoms with Gasteiger partial charge in [-0.25, -0.2) is 12.8 Å². The van der Waals surface area contributed by atoms with Crippen LogP contribution < -0.4 is 4.72 Å². The van der Waals surface area contributed by atoms with Gasteiger partial charge in [0.2, 0.25) is 0 Å². The van der Waals surface area contributed by atoms with Gasteiger partial charge in [0.25, 0.3) is 10.0 Å². The number of aromatic amines is 1. The van der Waals surface area contributed by atoms with Crippen molar-refractivity contribution in [1.82, 2.24) is 10.2 Å². The van der Waals surface area contributed by atoms with Crippen molar-refractivity contribution in [3.05, 3.63) is 77.6 Å². The van der Waals surface area contributed by atoms with Gasteiger partial charge in [-0.1, -0.05) is 41.9 Å². The molecule has 0 bridgehead atoms. The van der Waals surface area contributed by atoms with E-state index >= 15 is 0 Å². The van der Waals surface area contributed by atoms with Crippen LogP contribution in [0.2, 0.25) is 5.02 Å². The van der Waals surface area contributed by atoms with Gasteiger partial charge in [-0.2, -0.15) is 5.10 Å². The molecule has 1 aromatic heterocycles. The Morgan fingerprint density at radius 1 is 1.00 bits per heavy atom. The minimum absolute atomic E-state index is 0.292. The van der Waals surface area contributed by atoms with E-state index < -0.39 is 20.7 Å². The molecule has 0 radical (unpaired) electrons. The number of rotatable bonds is 4. The van der Waals surface area contributed by atoms with E-state index in [4.69, 9.17) is 11.6 Å². The Balaban J connectivity index is 1.72. The van der Waals surface area contributed by atoms with Crippen molar-refractivity contribution in [2.45, 2.75) is 4.90 Å². The molecule has 136 valence electrons. The average Bonchev–Trinajstić information content (AvgIpc) is 3.05. The van der Waals surface area contributed by atoms with Gasteiger partial charge in [0, 0.05) is 10.9 Å². The van der Waals surface area contributed by atoms with Crippen molar-refractivity contribution in [1.29, 1.82) is 0 Å². The lowest BCUT2D eigenvalue weighted by Gasteiger charge is -2.09. The van der Waals surface area contributed by atoms with Crippen LogP contribution in [0.5, 0.6) is 0 Å². The third kappa shape index (κ3) is 3.27. The standard InChI is InChI=1S/C19H13ClFN3O2S/c20-15-6-2-1-5-13(15)19-14-10-9-12(11-17(14)22-23-19)24-27(25,26)18-8-4-3-7-16(18)21/h1-11,24H,(H,22,23). The maximum Gasteiger partial charge on any atom is 0.264 e. The summed E-state index contributed by atoms with van der Waals surface area (Å²) in [5.74, 6) is -0.811. The fourth-order valence-corrected chi connectivity index (χ4v) is 4.17. The first kappa shape index (κ1) is 17.5. The number of benzene rings is 3. The van der Waals surface area contributed by atoms with Gasteiger partial charge < -0.3 is 0 Å². The Morgan fingerprint density at radius 2 is 1.74 bits per heavy atom. The number of nitrogens with zero attached hydrogens (tertiary/aromatic N) is 1. The van der Waals surface area contributed by atoms with Gasteiger partial charge >= 0.3 is 0 Å². The Hall–Kier alpha value is -2.90. The molecule has 0 aliphatic carbocycles. The summed E-state index contributed by atoms with van der Waals surface area (Å²) in [6, 6.07) is 17.4. The van der Waals surface area contributed by atoms with Gasteiger partial charge in [-0.15, -0.1) is 0 Å². The Bertz CT molecular complexity index is 1250. The maximum absolute atomic E-state index is 13.8. The number of hydrogen-bond donors (Lipinski definition) is 2. The van der Waals surface area contributed by atoms with E-state index in [0.29, 0.717) is 21.9 Å². The minimum atomic E-state index is -4.05. The molecular formula is C19H13ClFN3O2S. The van der Waals surface area contributed by atoms with Crippen LogP contribution in [-0.4, -0.2) is 18.6 Å². The van der Waals surface area contributed by atoms with Crippen LogP contribution >= 0.6 is 11.6 Å². The molecule has 0 fully saturated rings. The molecule has 27 heavy (non-hydrogen) atoms. The van der Waals surface area contributed by atoms with Gasteiger partial charge in [0.15, 0.2) is 0 Å². The highest BCUT2D eigenvalue weighted by atomic mass is 35.5. The zero-order valence-corrected chi connectivity index (χ0v) is 15.4. The predicted molar refractivity (Wildman–Crippen MR) is 104 cm³/mol. The number of aromatic nitrogens is 2. The quantitative estimate of drug-likeness (QED) is 0.514. The molecule has 3 aromatic carbocycles. The van der Waals surface area contributed by atoms with Crippen molar-refractivity contribution in [2.75, 3.05) is 4.72 Å². The highest BCUT2D eigenvalue weighted by Crippen LogP contribution is 2.32. The summed E-state index contributed by atoms with van der Waals surface area (Å²) in [6.45, 7) is 0. The molecule has 8 heteroatoms. The number of halogens is 2. The first-order valence-corrected chi connectivity index (χ1v) is 9.82. The molecule has 1 heterocycles. The van der Waals surface area contributed by atoms with Crippen LogP contribution in [0, 0.1) is 5.82 Å². The molecule has 4 rings (SSSR count). The lowest BCUT2D eigenvalue weighted by atomic mass is 10.1. The Kier molecular flexibility index (Phi) is 4.33. The Labute approximate surface area is 159 Å². The monoisotopic (exact) mass is 401 g/mol. The zero-order chi connectivity index (χ0) is 19.0. The van der Waals surface area contributed by atoms with Gasteiger partial charge in [0.05, 0.1) is 16.2 Å². The lowest BCUT2D eigenvalue weighted by Crippen LogP contribution is -2.14. The van der Waals surface area contributed by atoms with Crippen molar-refractivity contribution in [3.63, 3.8) is 0 Å². The number of hydrogen-bond acceptors (Lipinski definition) is 3.